The van der Waals surface area contributed by atoms with E-state index in [1.165, 1.54) is 18.2 Å². The number of amides is 2. The molecule has 1 heterocycles. The van der Waals surface area contributed by atoms with E-state index in [4.69, 9.17) is 5.73 Å². The maximum Gasteiger partial charge on any atom is 0.317 e. The molecule has 3 N–H and O–H groups in total. The van der Waals surface area contributed by atoms with Gasteiger partial charge in [0.1, 0.15) is 11.6 Å². The lowest BCUT2D eigenvalue weighted by Crippen LogP contribution is -2.38. The summed E-state index contributed by atoms with van der Waals surface area (Å²) < 4.78 is 26.7. The van der Waals surface area contributed by atoms with Gasteiger partial charge in [-0.3, -0.25) is 0 Å². The highest BCUT2D eigenvalue weighted by molar-refractivity contribution is 5.74. The molecule has 0 aromatic heterocycles. The van der Waals surface area contributed by atoms with Crippen LogP contribution in [0.25, 0.3) is 0 Å². The van der Waals surface area contributed by atoms with Crippen LogP contribution in [0.2, 0.25) is 0 Å². The molecule has 19 heavy (non-hydrogen) atoms. The van der Waals surface area contributed by atoms with Crippen LogP contribution < -0.4 is 11.1 Å². The van der Waals surface area contributed by atoms with Crippen molar-refractivity contribution in [1.29, 1.82) is 0 Å². The molecule has 1 aromatic rings. The molecule has 0 saturated carbocycles. The average molecular weight is 269 g/mol. The summed E-state index contributed by atoms with van der Waals surface area (Å²) in [6.45, 7) is 1.63. The minimum atomic E-state index is -0.651. The van der Waals surface area contributed by atoms with Crippen molar-refractivity contribution in [3.8, 4) is 0 Å². The number of nitrogens with one attached hydrogen (secondary N) is 1. The van der Waals surface area contributed by atoms with Crippen LogP contribution in [-0.4, -0.2) is 30.6 Å². The lowest BCUT2D eigenvalue weighted by molar-refractivity contribution is 0.206. The van der Waals surface area contributed by atoms with Crippen molar-refractivity contribution in [3.63, 3.8) is 0 Å². The Morgan fingerprint density at radius 1 is 1.42 bits per heavy atom. The van der Waals surface area contributed by atoms with Crippen LogP contribution in [0.3, 0.4) is 0 Å². The van der Waals surface area contributed by atoms with Crippen molar-refractivity contribution in [2.24, 2.45) is 11.7 Å². The predicted octanol–water partition coefficient (Wildman–Crippen LogP) is 1.45. The standard InChI is InChI=1S/C13H17F2N3O/c14-11-2-1-3-12(15)10(11)7-17-13(19)18-5-4-9(6-16)8-18/h1-3,9H,4-8,16H2,(H,17,19)/t9-/m1/s1. The summed E-state index contributed by atoms with van der Waals surface area (Å²) in [6, 6.07) is 3.33. The summed E-state index contributed by atoms with van der Waals surface area (Å²) in [7, 11) is 0. The number of urea groups is 1. The lowest BCUT2D eigenvalue weighted by Gasteiger charge is -2.17. The van der Waals surface area contributed by atoms with E-state index in [2.05, 4.69) is 5.32 Å². The molecule has 2 amide bonds. The van der Waals surface area contributed by atoms with Gasteiger partial charge in [0.25, 0.3) is 0 Å². The highest BCUT2D eigenvalue weighted by atomic mass is 19.1. The summed E-state index contributed by atoms with van der Waals surface area (Å²) in [5, 5.41) is 2.53. The number of halogens is 2. The van der Waals surface area contributed by atoms with Crippen molar-refractivity contribution < 1.29 is 13.6 Å². The molecule has 104 valence electrons. The molecular formula is C13H17F2N3O. The van der Waals surface area contributed by atoms with E-state index in [0.29, 0.717) is 25.6 Å². The summed E-state index contributed by atoms with van der Waals surface area (Å²) in [5.41, 5.74) is 5.42. The topological polar surface area (TPSA) is 58.4 Å². The first-order valence-corrected chi connectivity index (χ1v) is 6.27. The number of carbonyl (C=O) groups excluding carboxylic acids is 1. The molecule has 0 radical (unpaired) electrons. The lowest BCUT2D eigenvalue weighted by atomic mass is 10.1. The molecule has 1 fully saturated rings. The number of nitrogens with zero attached hydrogens (tertiary/aromatic N) is 1. The molecule has 0 aliphatic carbocycles. The molecule has 1 aliphatic heterocycles. The summed E-state index contributed by atoms with van der Waals surface area (Å²) in [4.78, 5) is 13.5. The van der Waals surface area contributed by atoms with Crippen LogP contribution in [0.1, 0.15) is 12.0 Å². The van der Waals surface area contributed by atoms with Gasteiger partial charge in [-0.25, -0.2) is 13.6 Å². The fraction of sp³-hybridized carbons (Fsp3) is 0.462. The third kappa shape index (κ3) is 3.20. The molecule has 1 aromatic carbocycles. The van der Waals surface area contributed by atoms with Crippen molar-refractivity contribution in [2.45, 2.75) is 13.0 Å². The maximum absolute atomic E-state index is 13.4. The molecule has 4 nitrogen and oxygen atoms in total. The minimum absolute atomic E-state index is 0.120. The number of benzene rings is 1. The van der Waals surface area contributed by atoms with Crippen molar-refractivity contribution in [3.05, 3.63) is 35.4 Å². The second kappa shape index (κ2) is 5.97. The normalized spacial score (nSPS) is 18.7. The zero-order chi connectivity index (χ0) is 13.8. The van der Waals surface area contributed by atoms with Gasteiger partial charge in [0, 0.05) is 18.7 Å². The molecule has 1 atom stereocenters. The van der Waals surface area contributed by atoms with Crippen molar-refractivity contribution >= 4 is 6.03 Å². The third-order valence-electron chi connectivity index (χ3n) is 3.38. The number of carbonyl (C=O) groups is 1. The minimum Gasteiger partial charge on any atom is -0.334 e. The molecule has 1 saturated heterocycles. The van der Waals surface area contributed by atoms with Crippen LogP contribution in [0.15, 0.2) is 18.2 Å². The Morgan fingerprint density at radius 2 is 2.11 bits per heavy atom. The third-order valence-corrected chi connectivity index (χ3v) is 3.38. The van der Waals surface area contributed by atoms with E-state index < -0.39 is 11.6 Å². The molecule has 0 spiro atoms. The zero-order valence-corrected chi connectivity index (χ0v) is 10.5. The summed E-state index contributed by atoms with van der Waals surface area (Å²) in [6.07, 6.45) is 0.873. The summed E-state index contributed by atoms with van der Waals surface area (Å²) in [5.74, 6) is -0.987. The SMILES string of the molecule is NC[C@H]1CCN(C(=O)NCc2c(F)cccc2F)C1. The van der Waals surface area contributed by atoms with Gasteiger partial charge in [0.05, 0.1) is 6.54 Å². The molecule has 0 bridgehead atoms. The van der Waals surface area contributed by atoms with E-state index >= 15 is 0 Å². The van der Waals surface area contributed by atoms with E-state index in [-0.39, 0.29) is 18.1 Å². The molecule has 2 rings (SSSR count). The van der Waals surface area contributed by atoms with Gasteiger partial charge in [0.15, 0.2) is 0 Å². The van der Waals surface area contributed by atoms with Gasteiger partial charge in [0.2, 0.25) is 0 Å². The molecular weight excluding hydrogens is 252 g/mol. The number of hydrogen-bond donors (Lipinski definition) is 2. The van der Waals surface area contributed by atoms with Crippen LogP contribution in [0, 0.1) is 17.6 Å². The highest BCUT2D eigenvalue weighted by Gasteiger charge is 2.25. The van der Waals surface area contributed by atoms with Gasteiger partial charge in [-0.1, -0.05) is 6.07 Å². The summed E-state index contributed by atoms with van der Waals surface area (Å²) >= 11 is 0. The van der Waals surface area contributed by atoms with E-state index in [9.17, 15) is 13.6 Å². The fourth-order valence-electron chi connectivity index (χ4n) is 2.19. The second-order valence-corrected chi connectivity index (χ2v) is 4.70. The van der Waals surface area contributed by atoms with Gasteiger partial charge < -0.3 is 16.0 Å². The van der Waals surface area contributed by atoms with Crippen molar-refractivity contribution in [2.75, 3.05) is 19.6 Å². The first-order valence-electron chi connectivity index (χ1n) is 6.27. The van der Waals surface area contributed by atoms with E-state index in [0.717, 1.165) is 6.42 Å². The Balaban J connectivity index is 1.90. The number of hydrogen-bond acceptors (Lipinski definition) is 2. The van der Waals surface area contributed by atoms with Crippen LogP contribution in [-0.2, 0) is 6.54 Å². The van der Waals surface area contributed by atoms with E-state index in [1.807, 2.05) is 0 Å². The number of nitrogens with two attached hydrogens (primary N) is 1. The molecule has 0 unspecified atom stereocenters. The average Bonchev–Trinajstić information content (AvgIpc) is 2.86. The van der Waals surface area contributed by atoms with Crippen LogP contribution >= 0.6 is 0 Å². The van der Waals surface area contributed by atoms with Crippen molar-refractivity contribution in [1.82, 2.24) is 10.2 Å². The Hall–Kier alpha value is -1.69. The van der Waals surface area contributed by atoms with Gasteiger partial charge in [-0.05, 0) is 31.0 Å². The number of rotatable bonds is 3. The Bertz CT molecular complexity index is 447. The van der Waals surface area contributed by atoms with Gasteiger partial charge in [-0.2, -0.15) is 0 Å². The van der Waals surface area contributed by atoms with Crippen LogP contribution in [0.4, 0.5) is 13.6 Å². The van der Waals surface area contributed by atoms with Crippen LogP contribution in [0.5, 0.6) is 0 Å². The predicted molar refractivity (Wildman–Crippen MR) is 67.3 cm³/mol. The first-order chi connectivity index (χ1) is 9.11. The van der Waals surface area contributed by atoms with Gasteiger partial charge in [-0.15, -0.1) is 0 Å². The second-order valence-electron chi connectivity index (χ2n) is 4.70. The highest BCUT2D eigenvalue weighted by Crippen LogP contribution is 2.15. The Morgan fingerprint density at radius 3 is 2.68 bits per heavy atom. The monoisotopic (exact) mass is 269 g/mol. The number of likely N-dealkylation sites (tertiary alicyclic amines) is 1. The largest absolute Gasteiger partial charge is 0.334 e. The Kier molecular flexibility index (Phi) is 4.31. The molecule has 6 heteroatoms. The van der Waals surface area contributed by atoms with E-state index in [1.54, 1.807) is 4.90 Å². The van der Waals surface area contributed by atoms with Gasteiger partial charge >= 0.3 is 6.03 Å². The smallest absolute Gasteiger partial charge is 0.317 e. The quantitative estimate of drug-likeness (QED) is 0.872. The first kappa shape index (κ1) is 13.7. The maximum atomic E-state index is 13.4. The molecule has 1 aliphatic rings. The fourth-order valence-corrected chi connectivity index (χ4v) is 2.19. The Labute approximate surface area is 110 Å². The zero-order valence-electron chi connectivity index (χ0n) is 10.5.